The Labute approximate surface area is 94.5 Å². The van der Waals surface area contributed by atoms with Gasteiger partial charge in [0, 0.05) is 13.8 Å². The number of rotatable bonds is 1. The summed E-state index contributed by atoms with van der Waals surface area (Å²) in [6, 6.07) is 6.02. The van der Waals surface area contributed by atoms with Gasteiger partial charge in [0.1, 0.15) is 5.75 Å². The van der Waals surface area contributed by atoms with Crippen molar-refractivity contribution in [2.75, 3.05) is 0 Å². The van der Waals surface area contributed by atoms with Gasteiger partial charge in [-0.25, -0.2) is 0 Å². The summed E-state index contributed by atoms with van der Waals surface area (Å²) < 4.78 is 2.42. The lowest BCUT2D eigenvalue weighted by atomic mass is 10.2. The third kappa shape index (κ3) is 1.44. The number of fused-ring (bicyclic) bond motifs is 1. The molecule has 13 heavy (non-hydrogen) atoms. The van der Waals surface area contributed by atoms with E-state index in [0.717, 1.165) is 16.7 Å². The summed E-state index contributed by atoms with van der Waals surface area (Å²) >= 11 is 4.00. The molecule has 0 aliphatic carbocycles. The second-order valence-electron chi connectivity index (χ2n) is 2.84. The second kappa shape index (κ2) is 3.46. The highest BCUT2D eigenvalue weighted by Crippen LogP contribution is 2.39. The summed E-state index contributed by atoms with van der Waals surface area (Å²) in [5.41, 5.74) is 0. The van der Waals surface area contributed by atoms with Crippen LogP contribution in [-0.2, 0) is 6.42 Å². The SMILES string of the molecule is CCc1sc2c(I)cccc2c1O. The standard InChI is InChI=1S/C10H9IOS/c1-2-8-9(12)6-4-3-5-7(11)10(6)13-8/h3-5,12H,2H2,1H3. The predicted octanol–water partition coefficient (Wildman–Crippen LogP) is 3.77. The van der Waals surface area contributed by atoms with Gasteiger partial charge in [-0.05, 0) is 41.1 Å². The molecule has 0 aliphatic rings. The molecular formula is C10H9IOS. The molecule has 0 atom stereocenters. The van der Waals surface area contributed by atoms with E-state index < -0.39 is 0 Å². The highest BCUT2D eigenvalue weighted by atomic mass is 127. The maximum atomic E-state index is 9.82. The van der Waals surface area contributed by atoms with Crippen molar-refractivity contribution < 1.29 is 5.11 Å². The summed E-state index contributed by atoms with van der Waals surface area (Å²) in [5.74, 6) is 0.473. The van der Waals surface area contributed by atoms with Crippen LogP contribution in [0.2, 0.25) is 0 Å². The third-order valence-corrected chi connectivity index (χ3v) is 4.67. The van der Waals surface area contributed by atoms with Crippen molar-refractivity contribution >= 4 is 44.0 Å². The molecule has 1 aromatic carbocycles. The van der Waals surface area contributed by atoms with Gasteiger partial charge in [-0.15, -0.1) is 11.3 Å². The van der Waals surface area contributed by atoms with Crippen LogP contribution in [-0.4, -0.2) is 5.11 Å². The van der Waals surface area contributed by atoms with Crippen LogP contribution in [0.5, 0.6) is 5.75 Å². The Bertz CT molecular complexity index is 447. The predicted molar refractivity (Wildman–Crippen MR) is 65.6 cm³/mol. The van der Waals surface area contributed by atoms with Crippen LogP contribution in [0.1, 0.15) is 11.8 Å². The van der Waals surface area contributed by atoms with E-state index in [2.05, 4.69) is 35.6 Å². The molecule has 1 aromatic heterocycles. The number of aromatic hydroxyl groups is 1. The summed E-state index contributed by atoms with van der Waals surface area (Å²) in [6.07, 6.45) is 0.904. The van der Waals surface area contributed by atoms with Crippen molar-refractivity contribution in [3.63, 3.8) is 0 Å². The summed E-state index contributed by atoms with van der Waals surface area (Å²) in [5, 5.41) is 10.8. The van der Waals surface area contributed by atoms with Crippen molar-refractivity contribution in [1.82, 2.24) is 0 Å². The van der Waals surface area contributed by atoms with E-state index in [1.165, 1.54) is 8.27 Å². The Kier molecular flexibility index (Phi) is 2.47. The lowest BCUT2D eigenvalue weighted by molar-refractivity contribution is 0.478. The molecule has 0 aliphatic heterocycles. The van der Waals surface area contributed by atoms with Crippen LogP contribution in [0.4, 0.5) is 0 Å². The topological polar surface area (TPSA) is 20.2 Å². The van der Waals surface area contributed by atoms with Crippen molar-refractivity contribution in [3.8, 4) is 5.75 Å². The first-order valence-electron chi connectivity index (χ1n) is 4.13. The highest BCUT2D eigenvalue weighted by molar-refractivity contribution is 14.1. The molecule has 0 spiro atoms. The van der Waals surface area contributed by atoms with Gasteiger partial charge in [-0.1, -0.05) is 13.0 Å². The van der Waals surface area contributed by atoms with Crippen LogP contribution < -0.4 is 0 Å². The quantitative estimate of drug-likeness (QED) is 0.795. The van der Waals surface area contributed by atoms with Gasteiger partial charge in [-0.3, -0.25) is 0 Å². The Balaban J connectivity index is 2.83. The van der Waals surface area contributed by atoms with Gasteiger partial charge in [-0.2, -0.15) is 0 Å². The first-order chi connectivity index (χ1) is 6.24. The van der Waals surface area contributed by atoms with Crippen molar-refractivity contribution in [3.05, 3.63) is 26.6 Å². The largest absolute Gasteiger partial charge is 0.506 e. The Morgan fingerprint density at radius 2 is 2.23 bits per heavy atom. The minimum atomic E-state index is 0.473. The maximum Gasteiger partial charge on any atom is 0.137 e. The van der Waals surface area contributed by atoms with E-state index in [1.54, 1.807) is 11.3 Å². The van der Waals surface area contributed by atoms with Gasteiger partial charge >= 0.3 is 0 Å². The van der Waals surface area contributed by atoms with E-state index in [4.69, 9.17) is 0 Å². The lowest BCUT2D eigenvalue weighted by Crippen LogP contribution is -1.70. The van der Waals surface area contributed by atoms with E-state index in [0.29, 0.717) is 5.75 Å². The smallest absolute Gasteiger partial charge is 0.137 e. The zero-order valence-corrected chi connectivity index (χ0v) is 10.1. The van der Waals surface area contributed by atoms with Gasteiger partial charge in [0.2, 0.25) is 0 Å². The molecule has 0 fully saturated rings. The number of hydrogen-bond acceptors (Lipinski definition) is 2. The van der Waals surface area contributed by atoms with Gasteiger partial charge in [0.05, 0.1) is 4.70 Å². The van der Waals surface area contributed by atoms with Gasteiger partial charge < -0.3 is 5.11 Å². The summed E-state index contributed by atoms with van der Waals surface area (Å²) in [7, 11) is 0. The lowest BCUT2D eigenvalue weighted by Gasteiger charge is -1.92. The summed E-state index contributed by atoms with van der Waals surface area (Å²) in [4.78, 5) is 1.08. The van der Waals surface area contributed by atoms with Crippen LogP contribution in [0.15, 0.2) is 18.2 Å². The van der Waals surface area contributed by atoms with E-state index in [9.17, 15) is 5.11 Å². The molecule has 1 heterocycles. The normalized spacial score (nSPS) is 10.9. The molecule has 2 aromatic rings. The molecule has 0 unspecified atom stereocenters. The molecule has 3 heteroatoms. The molecule has 0 radical (unpaired) electrons. The number of aryl methyl sites for hydroxylation is 1. The monoisotopic (exact) mass is 304 g/mol. The van der Waals surface area contributed by atoms with Crippen LogP contribution in [0, 0.1) is 3.57 Å². The first kappa shape index (κ1) is 9.27. The van der Waals surface area contributed by atoms with Crippen molar-refractivity contribution in [2.45, 2.75) is 13.3 Å². The average molecular weight is 304 g/mol. The molecule has 0 bridgehead atoms. The minimum Gasteiger partial charge on any atom is -0.506 e. The summed E-state index contributed by atoms with van der Waals surface area (Å²) in [6.45, 7) is 2.07. The van der Waals surface area contributed by atoms with Gasteiger partial charge in [0.15, 0.2) is 0 Å². The van der Waals surface area contributed by atoms with Crippen LogP contribution >= 0.6 is 33.9 Å². The first-order valence-corrected chi connectivity index (χ1v) is 6.02. The number of benzene rings is 1. The molecule has 1 N–H and O–H groups in total. The van der Waals surface area contributed by atoms with Crippen molar-refractivity contribution in [1.29, 1.82) is 0 Å². The van der Waals surface area contributed by atoms with E-state index in [-0.39, 0.29) is 0 Å². The molecule has 68 valence electrons. The van der Waals surface area contributed by atoms with Crippen LogP contribution in [0.3, 0.4) is 0 Å². The van der Waals surface area contributed by atoms with E-state index in [1.807, 2.05) is 12.1 Å². The van der Waals surface area contributed by atoms with E-state index >= 15 is 0 Å². The maximum absolute atomic E-state index is 9.82. The Morgan fingerprint density at radius 3 is 2.85 bits per heavy atom. The molecule has 1 nitrogen and oxygen atoms in total. The van der Waals surface area contributed by atoms with Crippen LogP contribution in [0.25, 0.3) is 10.1 Å². The van der Waals surface area contributed by atoms with Gasteiger partial charge in [0.25, 0.3) is 0 Å². The molecule has 2 rings (SSSR count). The number of hydrogen-bond donors (Lipinski definition) is 1. The zero-order valence-electron chi connectivity index (χ0n) is 7.17. The zero-order chi connectivity index (χ0) is 9.42. The fraction of sp³-hybridized carbons (Fsp3) is 0.200. The minimum absolute atomic E-state index is 0.473. The molecule has 0 saturated heterocycles. The molecule has 0 saturated carbocycles. The van der Waals surface area contributed by atoms with Crippen molar-refractivity contribution in [2.24, 2.45) is 0 Å². The molecular weight excluding hydrogens is 295 g/mol. The average Bonchev–Trinajstić information content (AvgIpc) is 2.45. The fourth-order valence-electron chi connectivity index (χ4n) is 1.36. The number of thiophene rings is 1. The Morgan fingerprint density at radius 1 is 1.46 bits per heavy atom. The highest BCUT2D eigenvalue weighted by Gasteiger charge is 2.10. The second-order valence-corrected chi connectivity index (χ2v) is 5.11. The fourth-order valence-corrected chi connectivity index (χ4v) is 3.23. The molecule has 0 amide bonds. The Hall–Kier alpha value is -0.290. The third-order valence-electron chi connectivity index (χ3n) is 2.03. The number of halogens is 1.